The molecule has 0 spiro atoms. The first-order chi connectivity index (χ1) is 6.67. The SMILES string of the molecule is CCC(=O)OC1CC(CC)CCC1O. The van der Waals surface area contributed by atoms with E-state index in [0.717, 1.165) is 25.7 Å². The average Bonchev–Trinajstić information content (AvgIpc) is 2.21. The van der Waals surface area contributed by atoms with Crippen LogP contribution in [0.15, 0.2) is 0 Å². The summed E-state index contributed by atoms with van der Waals surface area (Å²) in [5.41, 5.74) is 0. The van der Waals surface area contributed by atoms with Crippen molar-refractivity contribution < 1.29 is 14.6 Å². The Labute approximate surface area is 85.5 Å². The first-order valence-corrected chi connectivity index (χ1v) is 5.54. The number of carbonyl (C=O) groups is 1. The fraction of sp³-hybridized carbons (Fsp3) is 0.909. The molecule has 1 N–H and O–H groups in total. The molecule has 1 saturated carbocycles. The molecule has 0 radical (unpaired) electrons. The van der Waals surface area contributed by atoms with E-state index in [0.29, 0.717) is 12.3 Å². The molecular formula is C11H20O3. The van der Waals surface area contributed by atoms with Gasteiger partial charge in [0.15, 0.2) is 0 Å². The van der Waals surface area contributed by atoms with E-state index in [2.05, 4.69) is 6.92 Å². The minimum absolute atomic E-state index is 0.203. The van der Waals surface area contributed by atoms with Gasteiger partial charge in [0.25, 0.3) is 0 Å². The zero-order chi connectivity index (χ0) is 10.6. The van der Waals surface area contributed by atoms with E-state index >= 15 is 0 Å². The van der Waals surface area contributed by atoms with Crippen molar-refractivity contribution >= 4 is 5.97 Å². The number of aliphatic hydroxyl groups is 1. The maximum absolute atomic E-state index is 11.1. The lowest BCUT2D eigenvalue weighted by Crippen LogP contribution is -2.37. The molecule has 1 rings (SSSR count). The van der Waals surface area contributed by atoms with Crippen LogP contribution < -0.4 is 0 Å². The summed E-state index contributed by atoms with van der Waals surface area (Å²) in [6.45, 7) is 3.91. The van der Waals surface area contributed by atoms with Gasteiger partial charge in [-0.2, -0.15) is 0 Å². The number of hydrogen-bond donors (Lipinski definition) is 1. The second-order valence-corrected chi connectivity index (χ2v) is 4.04. The van der Waals surface area contributed by atoms with Gasteiger partial charge in [-0.15, -0.1) is 0 Å². The lowest BCUT2D eigenvalue weighted by molar-refractivity contribution is -0.158. The average molecular weight is 200 g/mol. The second-order valence-electron chi connectivity index (χ2n) is 4.04. The summed E-state index contributed by atoms with van der Waals surface area (Å²) in [5, 5.41) is 9.65. The number of ether oxygens (including phenoxy) is 1. The molecule has 3 heteroatoms. The highest BCUT2D eigenvalue weighted by atomic mass is 16.6. The number of esters is 1. The van der Waals surface area contributed by atoms with Crippen molar-refractivity contribution in [2.45, 2.75) is 58.2 Å². The van der Waals surface area contributed by atoms with Crippen molar-refractivity contribution in [2.75, 3.05) is 0 Å². The summed E-state index contributed by atoms with van der Waals surface area (Å²) in [5.74, 6) is 0.402. The summed E-state index contributed by atoms with van der Waals surface area (Å²) < 4.78 is 5.20. The molecule has 0 aromatic rings. The third-order valence-corrected chi connectivity index (χ3v) is 3.01. The summed E-state index contributed by atoms with van der Waals surface area (Å²) in [6.07, 6.45) is 3.42. The Morgan fingerprint density at radius 1 is 1.43 bits per heavy atom. The Bertz CT molecular complexity index is 191. The topological polar surface area (TPSA) is 46.5 Å². The molecule has 0 aromatic heterocycles. The van der Waals surface area contributed by atoms with E-state index < -0.39 is 6.10 Å². The van der Waals surface area contributed by atoms with Crippen molar-refractivity contribution in [3.8, 4) is 0 Å². The predicted octanol–water partition coefficient (Wildman–Crippen LogP) is 1.88. The third kappa shape index (κ3) is 2.98. The van der Waals surface area contributed by atoms with E-state index in [9.17, 15) is 9.90 Å². The van der Waals surface area contributed by atoms with Gasteiger partial charge in [0.05, 0.1) is 6.10 Å². The zero-order valence-electron chi connectivity index (χ0n) is 9.03. The number of hydrogen-bond acceptors (Lipinski definition) is 3. The number of carbonyl (C=O) groups excluding carboxylic acids is 1. The molecule has 0 aliphatic heterocycles. The van der Waals surface area contributed by atoms with Crippen molar-refractivity contribution in [3.05, 3.63) is 0 Å². The van der Waals surface area contributed by atoms with E-state index in [-0.39, 0.29) is 12.1 Å². The van der Waals surface area contributed by atoms with Crippen LogP contribution in [0, 0.1) is 5.92 Å². The molecule has 0 heterocycles. The van der Waals surface area contributed by atoms with Gasteiger partial charge in [0.1, 0.15) is 6.10 Å². The van der Waals surface area contributed by atoms with Crippen LogP contribution in [0.2, 0.25) is 0 Å². The lowest BCUT2D eigenvalue weighted by Gasteiger charge is -2.32. The van der Waals surface area contributed by atoms with Crippen LogP contribution in [0.4, 0.5) is 0 Å². The summed E-state index contributed by atoms with van der Waals surface area (Å²) in [6, 6.07) is 0. The Hall–Kier alpha value is -0.570. The molecule has 1 aliphatic rings. The van der Waals surface area contributed by atoms with E-state index in [1.54, 1.807) is 6.92 Å². The van der Waals surface area contributed by atoms with Crippen LogP contribution in [-0.4, -0.2) is 23.3 Å². The molecule has 82 valence electrons. The highest BCUT2D eigenvalue weighted by Crippen LogP contribution is 2.28. The van der Waals surface area contributed by atoms with Crippen LogP contribution in [0.25, 0.3) is 0 Å². The first kappa shape index (κ1) is 11.5. The number of rotatable bonds is 3. The summed E-state index contributed by atoms with van der Waals surface area (Å²) in [4.78, 5) is 11.1. The van der Waals surface area contributed by atoms with Crippen LogP contribution in [0.5, 0.6) is 0 Å². The molecule has 0 saturated heterocycles. The fourth-order valence-corrected chi connectivity index (χ4v) is 1.95. The van der Waals surface area contributed by atoms with Crippen molar-refractivity contribution in [2.24, 2.45) is 5.92 Å². The Kier molecular flexibility index (Phi) is 4.39. The Morgan fingerprint density at radius 3 is 2.71 bits per heavy atom. The molecule has 1 aliphatic carbocycles. The lowest BCUT2D eigenvalue weighted by atomic mass is 9.84. The molecule has 0 amide bonds. The highest BCUT2D eigenvalue weighted by Gasteiger charge is 2.30. The maximum Gasteiger partial charge on any atom is 0.305 e. The maximum atomic E-state index is 11.1. The normalized spacial score (nSPS) is 32.6. The van der Waals surface area contributed by atoms with Gasteiger partial charge >= 0.3 is 5.97 Å². The van der Waals surface area contributed by atoms with Crippen molar-refractivity contribution in [1.29, 1.82) is 0 Å². The predicted molar refractivity (Wildman–Crippen MR) is 53.8 cm³/mol. The van der Waals surface area contributed by atoms with Crippen molar-refractivity contribution in [3.63, 3.8) is 0 Å². The molecular weight excluding hydrogens is 180 g/mol. The van der Waals surface area contributed by atoms with E-state index in [1.807, 2.05) is 0 Å². The largest absolute Gasteiger partial charge is 0.460 e. The van der Waals surface area contributed by atoms with E-state index in [4.69, 9.17) is 4.74 Å². The fourth-order valence-electron chi connectivity index (χ4n) is 1.95. The molecule has 3 nitrogen and oxygen atoms in total. The first-order valence-electron chi connectivity index (χ1n) is 5.54. The molecule has 1 fully saturated rings. The summed E-state index contributed by atoms with van der Waals surface area (Å²) in [7, 11) is 0. The zero-order valence-corrected chi connectivity index (χ0v) is 9.03. The molecule has 3 unspecified atom stereocenters. The Morgan fingerprint density at radius 2 is 2.14 bits per heavy atom. The summed E-state index contributed by atoms with van der Waals surface area (Å²) >= 11 is 0. The van der Waals surface area contributed by atoms with Gasteiger partial charge < -0.3 is 9.84 Å². The third-order valence-electron chi connectivity index (χ3n) is 3.01. The minimum Gasteiger partial charge on any atom is -0.460 e. The van der Waals surface area contributed by atoms with Gasteiger partial charge in [-0.05, 0) is 25.2 Å². The van der Waals surface area contributed by atoms with Crippen LogP contribution in [-0.2, 0) is 9.53 Å². The monoisotopic (exact) mass is 200 g/mol. The van der Waals surface area contributed by atoms with Crippen LogP contribution in [0.1, 0.15) is 46.0 Å². The second kappa shape index (κ2) is 5.35. The van der Waals surface area contributed by atoms with Crippen LogP contribution >= 0.6 is 0 Å². The quantitative estimate of drug-likeness (QED) is 0.707. The minimum atomic E-state index is -0.451. The molecule has 14 heavy (non-hydrogen) atoms. The van der Waals surface area contributed by atoms with E-state index in [1.165, 1.54) is 0 Å². The van der Waals surface area contributed by atoms with Gasteiger partial charge in [-0.25, -0.2) is 0 Å². The smallest absolute Gasteiger partial charge is 0.305 e. The standard InChI is InChI=1S/C11H20O3/c1-3-8-5-6-9(12)10(7-8)14-11(13)4-2/h8-10,12H,3-7H2,1-2H3. The highest BCUT2D eigenvalue weighted by molar-refractivity contribution is 5.69. The van der Waals surface area contributed by atoms with Crippen LogP contribution in [0.3, 0.4) is 0 Å². The van der Waals surface area contributed by atoms with Gasteiger partial charge in [0.2, 0.25) is 0 Å². The van der Waals surface area contributed by atoms with Gasteiger partial charge in [-0.3, -0.25) is 4.79 Å². The van der Waals surface area contributed by atoms with Gasteiger partial charge in [0, 0.05) is 6.42 Å². The van der Waals surface area contributed by atoms with Crippen molar-refractivity contribution in [1.82, 2.24) is 0 Å². The molecule has 0 bridgehead atoms. The number of aliphatic hydroxyl groups excluding tert-OH is 1. The molecule has 0 aromatic carbocycles. The Balaban J connectivity index is 2.44. The molecule has 3 atom stereocenters. The van der Waals surface area contributed by atoms with Gasteiger partial charge in [-0.1, -0.05) is 20.3 Å².